The maximum atomic E-state index is 12.0. The van der Waals surface area contributed by atoms with Crippen molar-refractivity contribution >= 4 is 34.0 Å². The molecular formula is C18H18BrN3O3. The summed E-state index contributed by atoms with van der Waals surface area (Å²) in [6.07, 6.45) is 1.52. The lowest BCUT2D eigenvalue weighted by Gasteiger charge is -2.05. The average molecular weight is 404 g/mol. The fourth-order valence-electron chi connectivity index (χ4n) is 1.94. The van der Waals surface area contributed by atoms with E-state index in [1.807, 2.05) is 37.3 Å². The molecule has 0 bridgehead atoms. The van der Waals surface area contributed by atoms with Gasteiger partial charge in [-0.05, 0) is 64.8 Å². The van der Waals surface area contributed by atoms with E-state index in [4.69, 9.17) is 4.74 Å². The summed E-state index contributed by atoms with van der Waals surface area (Å²) in [6, 6.07) is 14.3. The molecule has 0 heterocycles. The van der Waals surface area contributed by atoms with E-state index < -0.39 is 5.91 Å². The monoisotopic (exact) mass is 403 g/mol. The number of hydrazone groups is 1. The average Bonchev–Trinajstić information content (AvgIpc) is 2.62. The van der Waals surface area contributed by atoms with Crippen molar-refractivity contribution in [2.45, 2.75) is 6.92 Å². The van der Waals surface area contributed by atoms with Crippen LogP contribution in [0, 0.1) is 0 Å². The Kier molecular flexibility index (Phi) is 7.16. The lowest BCUT2D eigenvalue weighted by molar-refractivity contribution is -0.120. The lowest BCUT2D eigenvalue weighted by Crippen LogP contribution is -2.35. The van der Waals surface area contributed by atoms with Crippen LogP contribution in [0.1, 0.15) is 22.8 Å². The number of hydrogen-bond donors (Lipinski definition) is 2. The molecule has 0 saturated heterocycles. The highest BCUT2D eigenvalue weighted by atomic mass is 79.9. The Morgan fingerprint density at radius 1 is 1.16 bits per heavy atom. The molecule has 7 heteroatoms. The summed E-state index contributed by atoms with van der Waals surface area (Å²) in [5.74, 6) is 0.0270. The Balaban J connectivity index is 1.78. The number of nitrogens with zero attached hydrogens (tertiary/aromatic N) is 1. The van der Waals surface area contributed by atoms with E-state index in [0.717, 1.165) is 11.3 Å². The molecule has 0 unspecified atom stereocenters. The van der Waals surface area contributed by atoms with Gasteiger partial charge in [0.1, 0.15) is 5.75 Å². The van der Waals surface area contributed by atoms with Crippen LogP contribution in [-0.4, -0.2) is 31.2 Å². The van der Waals surface area contributed by atoms with E-state index >= 15 is 0 Å². The highest BCUT2D eigenvalue weighted by Gasteiger charge is 2.10. The van der Waals surface area contributed by atoms with E-state index in [-0.39, 0.29) is 12.5 Å². The maximum Gasteiger partial charge on any atom is 0.259 e. The lowest BCUT2D eigenvalue weighted by atomic mass is 10.2. The standard InChI is InChI=1S/C18H18BrN3O3/c1-2-25-14-9-7-13(8-10-14)11-21-22-17(23)12-20-18(24)15-5-3-4-6-16(15)19/h3-11H,2,12H2,1H3,(H,20,24)(H,22,23). The number of carbonyl (C=O) groups is 2. The van der Waals surface area contributed by atoms with Gasteiger partial charge in [-0.15, -0.1) is 0 Å². The largest absolute Gasteiger partial charge is 0.494 e. The molecule has 130 valence electrons. The van der Waals surface area contributed by atoms with E-state index in [9.17, 15) is 9.59 Å². The van der Waals surface area contributed by atoms with Crippen molar-refractivity contribution in [1.82, 2.24) is 10.7 Å². The van der Waals surface area contributed by atoms with Crippen molar-refractivity contribution in [2.24, 2.45) is 5.10 Å². The summed E-state index contributed by atoms with van der Waals surface area (Å²) in [5.41, 5.74) is 3.65. The highest BCUT2D eigenvalue weighted by Crippen LogP contribution is 2.15. The van der Waals surface area contributed by atoms with Crippen LogP contribution in [0.25, 0.3) is 0 Å². The minimum atomic E-state index is -0.414. The summed E-state index contributed by atoms with van der Waals surface area (Å²) in [7, 11) is 0. The smallest absolute Gasteiger partial charge is 0.259 e. The predicted octanol–water partition coefficient (Wildman–Crippen LogP) is 2.73. The fourth-order valence-corrected chi connectivity index (χ4v) is 2.40. The molecule has 2 aromatic carbocycles. The van der Waals surface area contributed by atoms with Gasteiger partial charge in [-0.3, -0.25) is 9.59 Å². The van der Waals surface area contributed by atoms with Crippen molar-refractivity contribution in [3.63, 3.8) is 0 Å². The molecule has 0 fully saturated rings. The first-order valence-corrected chi connectivity index (χ1v) is 8.47. The van der Waals surface area contributed by atoms with Gasteiger partial charge in [-0.1, -0.05) is 12.1 Å². The Labute approximate surface area is 154 Å². The number of nitrogens with one attached hydrogen (secondary N) is 2. The first-order valence-electron chi connectivity index (χ1n) is 7.67. The molecule has 2 rings (SSSR count). The van der Waals surface area contributed by atoms with Crippen molar-refractivity contribution in [2.75, 3.05) is 13.2 Å². The van der Waals surface area contributed by atoms with E-state index in [1.54, 1.807) is 18.2 Å². The number of rotatable bonds is 7. The minimum Gasteiger partial charge on any atom is -0.494 e. The van der Waals surface area contributed by atoms with Gasteiger partial charge in [-0.2, -0.15) is 5.10 Å². The first kappa shape index (κ1) is 18.7. The van der Waals surface area contributed by atoms with Crippen molar-refractivity contribution in [1.29, 1.82) is 0 Å². The Morgan fingerprint density at radius 3 is 2.56 bits per heavy atom. The molecule has 2 N–H and O–H groups in total. The number of amides is 2. The summed E-state index contributed by atoms with van der Waals surface area (Å²) in [6.45, 7) is 2.36. The van der Waals surface area contributed by atoms with Gasteiger partial charge in [0.2, 0.25) is 0 Å². The van der Waals surface area contributed by atoms with Gasteiger partial charge < -0.3 is 10.1 Å². The normalized spacial score (nSPS) is 10.5. The quantitative estimate of drug-likeness (QED) is 0.550. The maximum absolute atomic E-state index is 12.0. The number of carbonyl (C=O) groups excluding carboxylic acids is 2. The number of benzene rings is 2. The third kappa shape index (κ3) is 6.04. The molecule has 0 saturated carbocycles. The fraction of sp³-hybridized carbons (Fsp3) is 0.167. The third-order valence-corrected chi connectivity index (χ3v) is 3.81. The van der Waals surface area contributed by atoms with Crippen molar-refractivity contribution in [3.8, 4) is 5.75 Å². The van der Waals surface area contributed by atoms with E-state index in [1.165, 1.54) is 6.21 Å². The molecule has 6 nitrogen and oxygen atoms in total. The Bertz CT molecular complexity index is 760. The van der Waals surface area contributed by atoms with Crippen LogP contribution >= 0.6 is 15.9 Å². The second-order valence-electron chi connectivity index (χ2n) is 4.96. The molecular weight excluding hydrogens is 386 g/mol. The van der Waals surface area contributed by atoms with Crippen molar-refractivity contribution in [3.05, 3.63) is 64.1 Å². The van der Waals surface area contributed by atoms with E-state index in [2.05, 4.69) is 31.8 Å². The van der Waals surface area contributed by atoms with Crippen LogP contribution in [0.2, 0.25) is 0 Å². The number of hydrogen-bond acceptors (Lipinski definition) is 4. The van der Waals surface area contributed by atoms with Gasteiger partial charge in [0.25, 0.3) is 11.8 Å². The van der Waals surface area contributed by atoms with Gasteiger partial charge in [-0.25, -0.2) is 5.43 Å². The molecule has 0 radical (unpaired) electrons. The van der Waals surface area contributed by atoms with Crippen LogP contribution in [-0.2, 0) is 4.79 Å². The second-order valence-corrected chi connectivity index (χ2v) is 5.81. The van der Waals surface area contributed by atoms with Crippen molar-refractivity contribution < 1.29 is 14.3 Å². The topological polar surface area (TPSA) is 79.8 Å². The first-order chi connectivity index (χ1) is 12.1. The zero-order chi connectivity index (χ0) is 18.1. The molecule has 25 heavy (non-hydrogen) atoms. The predicted molar refractivity (Wildman–Crippen MR) is 99.8 cm³/mol. The molecule has 0 aliphatic rings. The molecule has 0 aliphatic carbocycles. The van der Waals surface area contributed by atoms with Crippen LogP contribution in [0.15, 0.2) is 58.1 Å². The van der Waals surface area contributed by atoms with Gasteiger partial charge >= 0.3 is 0 Å². The Morgan fingerprint density at radius 2 is 1.88 bits per heavy atom. The summed E-state index contributed by atoms with van der Waals surface area (Å²) >= 11 is 3.29. The number of ether oxygens (including phenoxy) is 1. The third-order valence-electron chi connectivity index (χ3n) is 3.12. The second kappa shape index (κ2) is 9.58. The molecule has 2 aromatic rings. The van der Waals surface area contributed by atoms with E-state index in [0.29, 0.717) is 16.6 Å². The minimum absolute atomic E-state index is 0.166. The zero-order valence-electron chi connectivity index (χ0n) is 13.7. The summed E-state index contributed by atoms with van der Waals surface area (Å²) in [5, 5.41) is 6.40. The Hall–Kier alpha value is -2.67. The molecule has 2 amide bonds. The van der Waals surface area contributed by atoms with Crippen LogP contribution in [0.4, 0.5) is 0 Å². The van der Waals surface area contributed by atoms with Crippen LogP contribution in [0.3, 0.4) is 0 Å². The summed E-state index contributed by atoms with van der Waals surface area (Å²) < 4.78 is 6.01. The van der Waals surface area contributed by atoms with Gasteiger partial charge in [0.05, 0.1) is 24.9 Å². The molecule has 0 aliphatic heterocycles. The SMILES string of the molecule is CCOc1ccc(C=NNC(=O)CNC(=O)c2ccccc2Br)cc1. The zero-order valence-corrected chi connectivity index (χ0v) is 15.2. The molecule has 0 aromatic heterocycles. The molecule has 0 spiro atoms. The van der Waals surface area contributed by atoms with Crippen LogP contribution < -0.4 is 15.5 Å². The highest BCUT2D eigenvalue weighted by molar-refractivity contribution is 9.10. The van der Waals surface area contributed by atoms with Gasteiger partial charge in [0, 0.05) is 4.47 Å². The number of halogens is 1. The molecule has 0 atom stereocenters. The summed E-state index contributed by atoms with van der Waals surface area (Å²) in [4.78, 5) is 23.7. The van der Waals surface area contributed by atoms with Gasteiger partial charge in [0.15, 0.2) is 0 Å². The van der Waals surface area contributed by atoms with Crippen LogP contribution in [0.5, 0.6) is 5.75 Å².